The van der Waals surface area contributed by atoms with Gasteiger partial charge in [0.15, 0.2) is 0 Å². The lowest BCUT2D eigenvalue weighted by Crippen LogP contribution is -2.13. The molecule has 0 aliphatic rings. The molecule has 0 spiro atoms. The second-order valence-corrected chi connectivity index (χ2v) is 4.38. The number of hydrogen-bond acceptors (Lipinski definition) is 3. The molecule has 1 aromatic heterocycles. The molecule has 1 rings (SSSR count). The van der Waals surface area contributed by atoms with E-state index in [-0.39, 0.29) is 0 Å². The summed E-state index contributed by atoms with van der Waals surface area (Å²) in [4.78, 5) is 0. The highest BCUT2D eigenvalue weighted by Gasteiger charge is 2.06. The summed E-state index contributed by atoms with van der Waals surface area (Å²) in [6.07, 6.45) is 3.45. The van der Waals surface area contributed by atoms with E-state index >= 15 is 0 Å². The first-order valence-electron chi connectivity index (χ1n) is 6.64. The molecule has 98 valence electrons. The van der Waals surface area contributed by atoms with E-state index in [2.05, 4.69) is 25.2 Å². The minimum Gasteiger partial charge on any atom is -0.465 e. The first-order chi connectivity index (χ1) is 8.27. The third-order valence-electron chi connectivity index (χ3n) is 2.70. The van der Waals surface area contributed by atoms with Gasteiger partial charge in [-0.05, 0) is 32.4 Å². The second-order valence-electron chi connectivity index (χ2n) is 4.38. The monoisotopic (exact) mass is 239 g/mol. The molecule has 0 amide bonds. The van der Waals surface area contributed by atoms with Gasteiger partial charge in [0.05, 0.1) is 13.2 Å². The molecule has 0 radical (unpaired) electrons. The van der Waals surface area contributed by atoms with Crippen molar-refractivity contribution in [3.63, 3.8) is 0 Å². The van der Waals surface area contributed by atoms with E-state index in [0.29, 0.717) is 6.61 Å². The summed E-state index contributed by atoms with van der Waals surface area (Å²) in [6, 6.07) is 2.10. The molecule has 3 heteroatoms. The topological polar surface area (TPSA) is 34.4 Å². The highest BCUT2D eigenvalue weighted by molar-refractivity contribution is 5.19. The average molecular weight is 239 g/mol. The fourth-order valence-electron chi connectivity index (χ4n) is 1.63. The Morgan fingerprint density at radius 1 is 1.29 bits per heavy atom. The van der Waals surface area contributed by atoms with Gasteiger partial charge in [-0.15, -0.1) is 0 Å². The van der Waals surface area contributed by atoms with Crippen LogP contribution >= 0.6 is 0 Å². The quantitative estimate of drug-likeness (QED) is 0.671. The number of furan rings is 1. The van der Waals surface area contributed by atoms with Crippen LogP contribution < -0.4 is 5.32 Å². The van der Waals surface area contributed by atoms with Crippen molar-refractivity contribution in [3.05, 3.63) is 23.2 Å². The van der Waals surface area contributed by atoms with Gasteiger partial charge in [0.25, 0.3) is 0 Å². The maximum atomic E-state index is 5.68. The Bertz CT molecular complexity index is 307. The molecule has 0 unspecified atom stereocenters. The van der Waals surface area contributed by atoms with Crippen molar-refractivity contribution in [2.75, 3.05) is 13.2 Å². The molecule has 0 aliphatic heterocycles. The summed E-state index contributed by atoms with van der Waals surface area (Å²) >= 11 is 0. The van der Waals surface area contributed by atoms with Crippen molar-refractivity contribution in [2.24, 2.45) is 0 Å². The van der Waals surface area contributed by atoms with Gasteiger partial charge in [0.2, 0.25) is 0 Å². The van der Waals surface area contributed by atoms with Crippen LogP contribution in [-0.2, 0) is 17.9 Å². The predicted octanol–water partition coefficient (Wildman–Crippen LogP) is 3.40. The van der Waals surface area contributed by atoms with Gasteiger partial charge in [-0.25, -0.2) is 0 Å². The molecule has 0 atom stereocenters. The summed E-state index contributed by atoms with van der Waals surface area (Å²) in [6.45, 7) is 9.68. The Balaban J connectivity index is 2.33. The molecule has 17 heavy (non-hydrogen) atoms. The number of nitrogens with one attached hydrogen (secondary N) is 1. The SMILES string of the molecule is CCCCOCc1cc(CNCCC)oc1C. The predicted molar refractivity (Wildman–Crippen MR) is 70.0 cm³/mol. The fraction of sp³-hybridized carbons (Fsp3) is 0.714. The highest BCUT2D eigenvalue weighted by atomic mass is 16.5. The normalized spacial score (nSPS) is 11.0. The van der Waals surface area contributed by atoms with Crippen molar-refractivity contribution < 1.29 is 9.15 Å². The van der Waals surface area contributed by atoms with Crippen molar-refractivity contribution >= 4 is 0 Å². The summed E-state index contributed by atoms with van der Waals surface area (Å²) < 4.78 is 11.3. The Hall–Kier alpha value is -0.800. The molecule has 0 fully saturated rings. The molecule has 1 heterocycles. The maximum Gasteiger partial charge on any atom is 0.118 e. The summed E-state index contributed by atoms with van der Waals surface area (Å²) in [5.41, 5.74) is 1.18. The Kier molecular flexibility index (Phi) is 6.97. The van der Waals surface area contributed by atoms with Gasteiger partial charge in [-0.3, -0.25) is 0 Å². The lowest BCUT2D eigenvalue weighted by molar-refractivity contribution is 0.117. The van der Waals surface area contributed by atoms with Crippen LogP contribution in [0.15, 0.2) is 10.5 Å². The van der Waals surface area contributed by atoms with Gasteiger partial charge in [-0.2, -0.15) is 0 Å². The number of aryl methyl sites for hydroxylation is 1. The van der Waals surface area contributed by atoms with Crippen LogP contribution in [0.5, 0.6) is 0 Å². The van der Waals surface area contributed by atoms with Crippen LogP contribution in [0, 0.1) is 6.92 Å². The van der Waals surface area contributed by atoms with Crippen molar-refractivity contribution in [1.82, 2.24) is 5.32 Å². The molecule has 1 aromatic rings. The summed E-state index contributed by atoms with van der Waals surface area (Å²) in [7, 11) is 0. The second kappa shape index (κ2) is 8.31. The molecule has 0 saturated heterocycles. The number of rotatable bonds is 9. The summed E-state index contributed by atoms with van der Waals surface area (Å²) in [5, 5.41) is 3.33. The smallest absolute Gasteiger partial charge is 0.118 e. The van der Waals surface area contributed by atoms with E-state index in [4.69, 9.17) is 9.15 Å². The van der Waals surface area contributed by atoms with Crippen LogP contribution in [0.4, 0.5) is 0 Å². The average Bonchev–Trinajstić information content (AvgIpc) is 2.66. The van der Waals surface area contributed by atoms with Crippen molar-refractivity contribution in [1.29, 1.82) is 0 Å². The third-order valence-corrected chi connectivity index (χ3v) is 2.70. The van der Waals surface area contributed by atoms with Crippen LogP contribution in [0.1, 0.15) is 50.2 Å². The van der Waals surface area contributed by atoms with Crippen molar-refractivity contribution in [2.45, 2.75) is 53.2 Å². The van der Waals surface area contributed by atoms with Crippen LogP contribution in [0.25, 0.3) is 0 Å². The molecule has 0 saturated carbocycles. The standard InChI is InChI=1S/C14H25NO2/c1-4-6-8-16-11-13-9-14(17-12(13)3)10-15-7-5-2/h9,15H,4-8,10-11H2,1-3H3. The minimum absolute atomic E-state index is 0.670. The Labute approximate surface area is 105 Å². The van der Waals surface area contributed by atoms with Crippen LogP contribution in [-0.4, -0.2) is 13.2 Å². The van der Waals surface area contributed by atoms with Crippen LogP contribution in [0.2, 0.25) is 0 Å². The van der Waals surface area contributed by atoms with E-state index < -0.39 is 0 Å². The molecular weight excluding hydrogens is 214 g/mol. The highest BCUT2D eigenvalue weighted by Crippen LogP contribution is 2.15. The first-order valence-corrected chi connectivity index (χ1v) is 6.64. The van der Waals surface area contributed by atoms with Gasteiger partial charge < -0.3 is 14.5 Å². The van der Waals surface area contributed by atoms with E-state index in [1.807, 2.05) is 6.92 Å². The first kappa shape index (κ1) is 14.3. The molecule has 1 N–H and O–H groups in total. The zero-order valence-corrected chi connectivity index (χ0v) is 11.3. The zero-order valence-electron chi connectivity index (χ0n) is 11.3. The molecule has 0 aromatic carbocycles. The van der Waals surface area contributed by atoms with E-state index in [0.717, 1.165) is 44.1 Å². The van der Waals surface area contributed by atoms with Gasteiger partial charge in [0, 0.05) is 12.2 Å². The molecule has 0 bridgehead atoms. The van der Waals surface area contributed by atoms with Crippen molar-refractivity contribution in [3.8, 4) is 0 Å². The Morgan fingerprint density at radius 3 is 2.82 bits per heavy atom. The summed E-state index contributed by atoms with van der Waals surface area (Å²) in [5.74, 6) is 1.99. The number of unbranched alkanes of at least 4 members (excludes halogenated alkanes) is 1. The van der Waals surface area contributed by atoms with E-state index in [1.54, 1.807) is 0 Å². The maximum absolute atomic E-state index is 5.68. The van der Waals surface area contributed by atoms with Gasteiger partial charge in [-0.1, -0.05) is 20.3 Å². The minimum atomic E-state index is 0.670. The largest absolute Gasteiger partial charge is 0.465 e. The van der Waals surface area contributed by atoms with E-state index in [9.17, 15) is 0 Å². The lowest BCUT2D eigenvalue weighted by atomic mass is 10.2. The van der Waals surface area contributed by atoms with Gasteiger partial charge in [0.1, 0.15) is 11.5 Å². The zero-order chi connectivity index (χ0) is 12.5. The lowest BCUT2D eigenvalue weighted by Gasteiger charge is -2.00. The number of ether oxygens (including phenoxy) is 1. The van der Waals surface area contributed by atoms with E-state index in [1.165, 1.54) is 12.0 Å². The Morgan fingerprint density at radius 2 is 2.12 bits per heavy atom. The molecular formula is C14H25NO2. The fourth-order valence-corrected chi connectivity index (χ4v) is 1.63. The van der Waals surface area contributed by atoms with Gasteiger partial charge >= 0.3 is 0 Å². The van der Waals surface area contributed by atoms with Crippen LogP contribution in [0.3, 0.4) is 0 Å². The third kappa shape index (κ3) is 5.37. The molecule has 0 aliphatic carbocycles. The number of hydrogen-bond donors (Lipinski definition) is 1. The molecule has 3 nitrogen and oxygen atoms in total.